The van der Waals surface area contributed by atoms with E-state index in [0.29, 0.717) is 17.2 Å². The zero-order valence-corrected chi connectivity index (χ0v) is 13.1. The fraction of sp³-hybridized carbons (Fsp3) is 0.588. The summed E-state index contributed by atoms with van der Waals surface area (Å²) in [7, 11) is 0. The first-order chi connectivity index (χ1) is 10.6. The predicted octanol–water partition coefficient (Wildman–Crippen LogP) is 2.19. The van der Waals surface area contributed by atoms with Crippen LogP contribution in [0.25, 0.3) is 0 Å². The van der Waals surface area contributed by atoms with Gasteiger partial charge in [-0.15, -0.1) is 0 Å². The Labute approximate surface area is 131 Å². The number of piperidine rings is 1. The zero-order valence-electron chi connectivity index (χ0n) is 13.1. The molecule has 5 heteroatoms. The highest BCUT2D eigenvalue weighted by atomic mass is 16.2. The van der Waals surface area contributed by atoms with E-state index in [9.17, 15) is 9.59 Å². The van der Waals surface area contributed by atoms with Crippen molar-refractivity contribution >= 4 is 11.8 Å². The molecule has 3 heterocycles. The number of aromatic nitrogens is 1. The fourth-order valence-corrected chi connectivity index (χ4v) is 3.32. The van der Waals surface area contributed by atoms with Gasteiger partial charge in [0.15, 0.2) is 0 Å². The molecule has 2 fully saturated rings. The van der Waals surface area contributed by atoms with Crippen LogP contribution in [-0.4, -0.2) is 52.8 Å². The zero-order chi connectivity index (χ0) is 15.5. The van der Waals surface area contributed by atoms with E-state index in [1.54, 1.807) is 18.3 Å². The highest BCUT2D eigenvalue weighted by molar-refractivity contribution is 5.98. The Hall–Kier alpha value is -1.91. The molecule has 0 aromatic carbocycles. The Balaban J connectivity index is 1.75. The number of likely N-dealkylation sites (tertiary alicyclic amines) is 2. The molecule has 2 aliphatic heterocycles. The first kappa shape index (κ1) is 15.0. The van der Waals surface area contributed by atoms with Gasteiger partial charge in [0.05, 0.1) is 0 Å². The van der Waals surface area contributed by atoms with Gasteiger partial charge in [-0.1, -0.05) is 6.92 Å². The topological polar surface area (TPSA) is 53.5 Å². The Bertz CT molecular complexity index is 567. The van der Waals surface area contributed by atoms with Gasteiger partial charge in [-0.3, -0.25) is 14.6 Å². The predicted molar refractivity (Wildman–Crippen MR) is 83.7 cm³/mol. The van der Waals surface area contributed by atoms with Crippen LogP contribution in [0.4, 0.5) is 0 Å². The molecule has 2 amide bonds. The molecule has 2 saturated heterocycles. The summed E-state index contributed by atoms with van der Waals surface area (Å²) < 4.78 is 0. The van der Waals surface area contributed by atoms with Crippen molar-refractivity contribution < 1.29 is 9.59 Å². The van der Waals surface area contributed by atoms with Crippen LogP contribution in [0, 0.1) is 5.92 Å². The molecule has 0 bridgehead atoms. The van der Waals surface area contributed by atoms with Crippen LogP contribution in [0.2, 0.25) is 0 Å². The lowest BCUT2D eigenvalue weighted by Gasteiger charge is -2.31. The molecule has 118 valence electrons. The van der Waals surface area contributed by atoms with Gasteiger partial charge < -0.3 is 9.80 Å². The molecular formula is C17H23N3O2. The van der Waals surface area contributed by atoms with Gasteiger partial charge in [0.2, 0.25) is 0 Å². The van der Waals surface area contributed by atoms with Crippen molar-refractivity contribution in [3.05, 3.63) is 29.6 Å². The minimum atomic E-state index is -0.0563. The molecule has 3 rings (SSSR count). The van der Waals surface area contributed by atoms with Crippen LogP contribution in [-0.2, 0) is 0 Å². The van der Waals surface area contributed by atoms with Crippen molar-refractivity contribution in [2.75, 3.05) is 26.2 Å². The Morgan fingerprint density at radius 1 is 1.09 bits per heavy atom. The van der Waals surface area contributed by atoms with Crippen molar-refractivity contribution in [1.82, 2.24) is 14.8 Å². The molecular weight excluding hydrogens is 278 g/mol. The number of hydrogen-bond donors (Lipinski definition) is 0. The molecule has 1 atom stereocenters. The molecule has 0 aliphatic carbocycles. The second-order valence-electron chi connectivity index (χ2n) is 6.43. The maximum Gasteiger partial charge on any atom is 0.272 e. The van der Waals surface area contributed by atoms with Gasteiger partial charge in [0.1, 0.15) is 5.69 Å². The van der Waals surface area contributed by atoms with Crippen LogP contribution in [0.1, 0.15) is 53.5 Å². The number of carbonyl (C=O) groups is 2. The number of carbonyl (C=O) groups excluding carboxylic acids is 2. The molecule has 2 aliphatic rings. The minimum absolute atomic E-state index is 0.0180. The summed E-state index contributed by atoms with van der Waals surface area (Å²) in [6.45, 7) is 5.37. The van der Waals surface area contributed by atoms with E-state index in [0.717, 1.165) is 45.4 Å². The Morgan fingerprint density at radius 2 is 1.82 bits per heavy atom. The highest BCUT2D eigenvalue weighted by Gasteiger charge is 2.24. The summed E-state index contributed by atoms with van der Waals surface area (Å²) in [4.78, 5) is 32.9. The molecule has 1 aromatic rings. The number of nitrogens with zero attached hydrogens (tertiary/aromatic N) is 3. The summed E-state index contributed by atoms with van der Waals surface area (Å²) in [5.41, 5.74) is 0.962. The highest BCUT2D eigenvalue weighted by Crippen LogP contribution is 2.19. The lowest BCUT2D eigenvalue weighted by molar-refractivity contribution is 0.0683. The van der Waals surface area contributed by atoms with Gasteiger partial charge in [0.25, 0.3) is 11.8 Å². The maximum atomic E-state index is 12.6. The Morgan fingerprint density at radius 3 is 2.55 bits per heavy atom. The summed E-state index contributed by atoms with van der Waals surface area (Å²) in [6.07, 6.45) is 5.91. The summed E-state index contributed by atoms with van der Waals surface area (Å²) in [5, 5.41) is 0. The third-order valence-corrected chi connectivity index (χ3v) is 4.56. The van der Waals surface area contributed by atoms with E-state index in [-0.39, 0.29) is 11.8 Å². The molecule has 22 heavy (non-hydrogen) atoms. The number of rotatable bonds is 2. The SMILES string of the molecule is CC1CCCN(C(=O)c2ccnc(C(=O)N3CCCC3)c2)C1. The lowest BCUT2D eigenvalue weighted by atomic mass is 9.99. The van der Waals surface area contributed by atoms with Crippen molar-refractivity contribution in [2.45, 2.75) is 32.6 Å². The minimum Gasteiger partial charge on any atom is -0.338 e. The van der Waals surface area contributed by atoms with Crippen molar-refractivity contribution in [1.29, 1.82) is 0 Å². The van der Waals surface area contributed by atoms with E-state index in [4.69, 9.17) is 0 Å². The van der Waals surface area contributed by atoms with Crippen LogP contribution in [0.15, 0.2) is 18.3 Å². The van der Waals surface area contributed by atoms with E-state index in [1.807, 2.05) is 9.80 Å². The van der Waals surface area contributed by atoms with Gasteiger partial charge in [-0.2, -0.15) is 0 Å². The van der Waals surface area contributed by atoms with Crippen LogP contribution < -0.4 is 0 Å². The second-order valence-corrected chi connectivity index (χ2v) is 6.43. The standard InChI is InChI=1S/C17H23N3O2/c1-13-5-4-10-20(12-13)16(21)14-6-7-18-15(11-14)17(22)19-8-2-3-9-19/h6-7,11,13H,2-5,8-10,12H2,1H3. The maximum absolute atomic E-state index is 12.6. The van der Waals surface area contributed by atoms with E-state index >= 15 is 0 Å². The van der Waals surface area contributed by atoms with E-state index in [2.05, 4.69) is 11.9 Å². The first-order valence-corrected chi connectivity index (χ1v) is 8.20. The second kappa shape index (κ2) is 6.46. The molecule has 0 N–H and O–H groups in total. The average molecular weight is 301 g/mol. The average Bonchev–Trinajstić information content (AvgIpc) is 3.08. The van der Waals surface area contributed by atoms with Gasteiger partial charge in [0, 0.05) is 37.9 Å². The largest absolute Gasteiger partial charge is 0.338 e. The molecule has 1 unspecified atom stereocenters. The number of hydrogen-bond acceptors (Lipinski definition) is 3. The fourth-order valence-electron chi connectivity index (χ4n) is 3.32. The summed E-state index contributed by atoms with van der Waals surface area (Å²) >= 11 is 0. The van der Waals surface area contributed by atoms with Crippen molar-refractivity contribution in [3.8, 4) is 0 Å². The van der Waals surface area contributed by atoms with Gasteiger partial charge in [-0.05, 0) is 43.7 Å². The quantitative estimate of drug-likeness (QED) is 0.841. The summed E-state index contributed by atoms with van der Waals surface area (Å²) in [6, 6.07) is 3.37. The van der Waals surface area contributed by atoms with E-state index < -0.39 is 0 Å². The van der Waals surface area contributed by atoms with Gasteiger partial charge >= 0.3 is 0 Å². The Kier molecular flexibility index (Phi) is 4.41. The smallest absolute Gasteiger partial charge is 0.272 e. The molecule has 1 aromatic heterocycles. The monoisotopic (exact) mass is 301 g/mol. The van der Waals surface area contributed by atoms with Gasteiger partial charge in [-0.25, -0.2) is 0 Å². The molecule has 0 radical (unpaired) electrons. The first-order valence-electron chi connectivity index (χ1n) is 8.20. The third kappa shape index (κ3) is 3.13. The van der Waals surface area contributed by atoms with Crippen molar-refractivity contribution in [2.24, 2.45) is 5.92 Å². The third-order valence-electron chi connectivity index (χ3n) is 4.56. The van der Waals surface area contributed by atoms with E-state index in [1.165, 1.54) is 6.42 Å². The van der Waals surface area contributed by atoms with Crippen molar-refractivity contribution in [3.63, 3.8) is 0 Å². The molecule has 0 saturated carbocycles. The number of pyridine rings is 1. The van der Waals surface area contributed by atoms with Crippen LogP contribution >= 0.6 is 0 Å². The molecule has 5 nitrogen and oxygen atoms in total. The summed E-state index contributed by atoms with van der Waals surface area (Å²) in [5.74, 6) is 0.508. The lowest BCUT2D eigenvalue weighted by Crippen LogP contribution is -2.39. The normalized spacial score (nSPS) is 22.0. The van der Waals surface area contributed by atoms with Crippen LogP contribution in [0.5, 0.6) is 0 Å². The van der Waals surface area contributed by atoms with Crippen LogP contribution in [0.3, 0.4) is 0 Å². The molecule has 0 spiro atoms. The number of amides is 2.